The number of ether oxygens (including phenoxy) is 1. The molecule has 1 spiro atoms. The van der Waals surface area contributed by atoms with Crippen LogP contribution in [0.2, 0.25) is 0 Å². The van der Waals surface area contributed by atoms with E-state index >= 15 is 0 Å². The van der Waals surface area contributed by atoms with Crippen LogP contribution in [0.1, 0.15) is 51.0 Å². The Morgan fingerprint density at radius 1 is 1.13 bits per heavy atom. The van der Waals surface area contributed by atoms with Gasteiger partial charge in [0.05, 0.1) is 25.3 Å². The SMILES string of the molecule is O=C(CCOc1ccccc1)Nc1ccnn1C1CCN(C(=O)C2CC23CCC3)CC1. The van der Waals surface area contributed by atoms with E-state index in [9.17, 15) is 9.59 Å². The van der Waals surface area contributed by atoms with Crippen LogP contribution < -0.4 is 10.1 Å². The number of amides is 2. The van der Waals surface area contributed by atoms with Gasteiger partial charge in [0.15, 0.2) is 0 Å². The summed E-state index contributed by atoms with van der Waals surface area (Å²) in [6.07, 6.45) is 8.61. The van der Waals surface area contributed by atoms with Crippen molar-refractivity contribution >= 4 is 17.6 Å². The van der Waals surface area contributed by atoms with Crippen LogP contribution in [0.4, 0.5) is 5.82 Å². The normalized spacial score (nSPS) is 22.1. The molecule has 7 heteroatoms. The molecule has 3 aliphatic rings. The highest BCUT2D eigenvalue weighted by molar-refractivity contribution is 5.89. The fraction of sp³-hybridized carbons (Fsp3) is 0.542. The summed E-state index contributed by atoms with van der Waals surface area (Å²) in [6.45, 7) is 1.87. The Morgan fingerprint density at radius 2 is 1.90 bits per heavy atom. The minimum absolute atomic E-state index is 0.0928. The van der Waals surface area contributed by atoms with Gasteiger partial charge in [-0.2, -0.15) is 5.10 Å². The van der Waals surface area contributed by atoms with Crippen molar-refractivity contribution in [3.8, 4) is 5.75 Å². The van der Waals surface area contributed by atoms with Crippen LogP contribution in [0.25, 0.3) is 0 Å². The van der Waals surface area contributed by atoms with E-state index in [1.54, 1.807) is 6.20 Å². The largest absolute Gasteiger partial charge is 0.493 e. The number of likely N-dealkylation sites (tertiary alicyclic amines) is 1. The Kier molecular flexibility index (Phi) is 5.42. The first-order chi connectivity index (χ1) is 15.1. The molecule has 2 aromatic rings. The first kappa shape index (κ1) is 20.1. The Morgan fingerprint density at radius 3 is 2.58 bits per heavy atom. The number of carbonyl (C=O) groups excluding carboxylic acids is 2. The number of hydrogen-bond donors (Lipinski definition) is 1. The first-order valence-corrected chi connectivity index (χ1v) is 11.4. The Bertz CT molecular complexity index is 929. The maximum Gasteiger partial charge on any atom is 0.228 e. The van der Waals surface area contributed by atoms with Gasteiger partial charge < -0.3 is 15.0 Å². The van der Waals surface area contributed by atoms with Gasteiger partial charge >= 0.3 is 0 Å². The Hall–Kier alpha value is -2.83. The highest BCUT2D eigenvalue weighted by Gasteiger charge is 2.61. The standard InChI is InChI=1S/C24H30N4O3/c29-22(10-16-31-19-5-2-1-3-6-19)26-21-7-13-25-28(21)18-8-14-27(15-9-18)23(30)20-17-24(20)11-4-12-24/h1-3,5-7,13,18,20H,4,8-12,14-17H2,(H,26,29). The van der Waals surface area contributed by atoms with Crippen LogP contribution in [0.15, 0.2) is 42.6 Å². The second kappa shape index (κ2) is 8.36. The molecule has 0 bridgehead atoms. The maximum absolute atomic E-state index is 12.8. The molecule has 2 heterocycles. The van der Waals surface area contributed by atoms with E-state index in [4.69, 9.17) is 4.74 Å². The van der Waals surface area contributed by atoms with Crippen molar-refractivity contribution in [1.29, 1.82) is 0 Å². The molecule has 1 saturated heterocycles. The van der Waals surface area contributed by atoms with Gasteiger partial charge in [0, 0.05) is 25.1 Å². The molecule has 1 aromatic heterocycles. The Labute approximate surface area is 182 Å². The number of nitrogens with zero attached hydrogens (tertiary/aromatic N) is 3. The molecule has 1 aliphatic heterocycles. The molecule has 7 nitrogen and oxygen atoms in total. The number of nitrogens with one attached hydrogen (secondary N) is 1. The van der Waals surface area contributed by atoms with Crippen LogP contribution in [0.5, 0.6) is 5.75 Å². The van der Waals surface area contributed by atoms with Gasteiger partial charge in [0.1, 0.15) is 11.6 Å². The van der Waals surface area contributed by atoms with Gasteiger partial charge in [-0.05, 0) is 49.7 Å². The summed E-state index contributed by atoms with van der Waals surface area (Å²) in [5.74, 6) is 2.03. The average molecular weight is 423 g/mol. The molecule has 2 amide bonds. The summed E-state index contributed by atoms with van der Waals surface area (Å²) < 4.78 is 7.51. The summed E-state index contributed by atoms with van der Waals surface area (Å²) in [7, 11) is 0. The molecule has 5 rings (SSSR count). The molecule has 164 valence electrons. The molecule has 31 heavy (non-hydrogen) atoms. The maximum atomic E-state index is 12.8. The number of para-hydroxylation sites is 1. The Balaban J connectivity index is 1.09. The lowest BCUT2D eigenvalue weighted by Crippen LogP contribution is -2.41. The molecule has 1 unspecified atom stereocenters. The van der Waals surface area contributed by atoms with Crippen LogP contribution in [-0.2, 0) is 9.59 Å². The number of rotatable bonds is 7. The predicted molar refractivity (Wildman–Crippen MR) is 117 cm³/mol. The summed E-state index contributed by atoms with van der Waals surface area (Å²) in [5.41, 5.74) is 0.386. The highest BCUT2D eigenvalue weighted by atomic mass is 16.5. The molecular formula is C24H30N4O3. The lowest BCUT2D eigenvalue weighted by molar-refractivity contribution is -0.135. The third kappa shape index (κ3) is 4.18. The summed E-state index contributed by atoms with van der Waals surface area (Å²) in [5, 5.41) is 7.41. The van der Waals surface area contributed by atoms with E-state index in [2.05, 4.69) is 15.3 Å². The monoisotopic (exact) mass is 422 g/mol. The average Bonchev–Trinajstić information content (AvgIpc) is 3.40. The minimum atomic E-state index is -0.0928. The lowest BCUT2D eigenvalue weighted by Gasteiger charge is -2.34. The van der Waals surface area contributed by atoms with Crippen molar-refractivity contribution in [3.05, 3.63) is 42.6 Å². The van der Waals surface area contributed by atoms with Crippen molar-refractivity contribution in [2.75, 3.05) is 25.0 Å². The zero-order chi connectivity index (χ0) is 21.3. The van der Waals surface area contributed by atoms with Crippen molar-refractivity contribution < 1.29 is 14.3 Å². The topological polar surface area (TPSA) is 76.5 Å². The van der Waals surface area contributed by atoms with Crippen LogP contribution in [0.3, 0.4) is 0 Å². The molecule has 3 fully saturated rings. The molecule has 1 atom stereocenters. The second-order valence-electron chi connectivity index (χ2n) is 9.15. The van der Waals surface area contributed by atoms with E-state index in [1.165, 1.54) is 19.3 Å². The van der Waals surface area contributed by atoms with Gasteiger partial charge in [0.25, 0.3) is 0 Å². The number of piperidine rings is 1. The van der Waals surface area contributed by atoms with Crippen molar-refractivity contribution in [2.45, 2.75) is 51.0 Å². The molecular weight excluding hydrogens is 392 g/mol. The predicted octanol–water partition coefficient (Wildman–Crippen LogP) is 3.64. The summed E-state index contributed by atoms with van der Waals surface area (Å²) in [4.78, 5) is 27.2. The number of benzene rings is 1. The number of anilines is 1. The molecule has 1 N–H and O–H groups in total. The molecule has 2 saturated carbocycles. The van der Waals surface area contributed by atoms with E-state index in [0.29, 0.717) is 23.7 Å². The highest BCUT2D eigenvalue weighted by Crippen LogP contribution is 2.66. The number of aromatic nitrogens is 2. The van der Waals surface area contributed by atoms with Crippen LogP contribution in [0, 0.1) is 11.3 Å². The fourth-order valence-corrected chi connectivity index (χ4v) is 5.12. The van der Waals surface area contributed by atoms with Gasteiger partial charge in [-0.25, -0.2) is 4.68 Å². The zero-order valence-corrected chi connectivity index (χ0v) is 17.8. The lowest BCUT2D eigenvalue weighted by atomic mass is 9.79. The van der Waals surface area contributed by atoms with Crippen molar-refractivity contribution in [3.63, 3.8) is 0 Å². The quantitative estimate of drug-likeness (QED) is 0.739. The van der Waals surface area contributed by atoms with E-state index in [0.717, 1.165) is 38.1 Å². The molecule has 2 aliphatic carbocycles. The van der Waals surface area contributed by atoms with E-state index in [-0.39, 0.29) is 24.3 Å². The fourth-order valence-electron chi connectivity index (χ4n) is 5.12. The van der Waals surface area contributed by atoms with Crippen LogP contribution in [-0.4, -0.2) is 46.2 Å². The second-order valence-corrected chi connectivity index (χ2v) is 9.15. The molecule has 0 radical (unpaired) electrons. The smallest absolute Gasteiger partial charge is 0.228 e. The summed E-state index contributed by atoms with van der Waals surface area (Å²) >= 11 is 0. The molecule has 1 aromatic carbocycles. The van der Waals surface area contributed by atoms with E-state index in [1.807, 2.05) is 41.1 Å². The van der Waals surface area contributed by atoms with Gasteiger partial charge in [-0.3, -0.25) is 9.59 Å². The first-order valence-electron chi connectivity index (χ1n) is 11.4. The third-order valence-corrected chi connectivity index (χ3v) is 7.24. The van der Waals surface area contributed by atoms with Gasteiger partial charge in [0.2, 0.25) is 11.8 Å². The zero-order valence-electron chi connectivity index (χ0n) is 17.8. The third-order valence-electron chi connectivity index (χ3n) is 7.24. The minimum Gasteiger partial charge on any atom is -0.493 e. The van der Waals surface area contributed by atoms with E-state index < -0.39 is 0 Å². The number of carbonyl (C=O) groups is 2. The summed E-state index contributed by atoms with van der Waals surface area (Å²) in [6, 6.07) is 11.5. The van der Waals surface area contributed by atoms with Crippen LogP contribution >= 0.6 is 0 Å². The van der Waals surface area contributed by atoms with Crippen molar-refractivity contribution in [2.24, 2.45) is 11.3 Å². The van der Waals surface area contributed by atoms with Gasteiger partial charge in [-0.1, -0.05) is 24.6 Å². The number of hydrogen-bond acceptors (Lipinski definition) is 4. The van der Waals surface area contributed by atoms with Crippen molar-refractivity contribution in [1.82, 2.24) is 14.7 Å². The van der Waals surface area contributed by atoms with Gasteiger partial charge in [-0.15, -0.1) is 0 Å².